The Hall–Kier alpha value is -4.33. The van der Waals surface area contributed by atoms with Crippen LogP contribution in [0, 0.1) is 22.7 Å². The number of pyridine rings is 1. The first-order valence-electron chi connectivity index (χ1n) is 13.9. The fourth-order valence-corrected chi connectivity index (χ4v) is 4.56. The molecule has 0 atom stereocenters. The van der Waals surface area contributed by atoms with Crippen molar-refractivity contribution in [2.24, 2.45) is 5.92 Å². The molecule has 42 heavy (non-hydrogen) atoms. The topological polar surface area (TPSA) is 148 Å². The predicted octanol–water partition coefficient (Wildman–Crippen LogP) is 5.32. The van der Waals surface area contributed by atoms with E-state index >= 15 is 0 Å². The molecule has 0 saturated heterocycles. The fourth-order valence-electron chi connectivity index (χ4n) is 4.46. The molecule has 1 aliphatic carbocycles. The average molecular weight is 588 g/mol. The molecule has 3 aromatic rings. The number of nitrogens with zero attached hydrogens (tertiary/aromatic N) is 5. The van der Waals surface area contributed by atoms with E-state index in [0.29, 0.717) is 57.3 Å². The first-order chi connectivity index (χ1) is 20.3. The van der Waals surface area contributed by atoms with Crippen molar-refractivity contribution in [3.05, 3.63) is 70.4 Å². The van der Waals surface area contributed by atoms with Gasteiger partial charge in [0, 0.05) is 36.3 Å². The molecule has 0 unspecified atom stereocenters. The number of fused-ring (bicyclic) bond motifs is 1. The SMILES string of the molecule is C=C(CC)CO.CCNc1nc(CC2CC2)c(C#N)c(-c2ccc3c(c2)OCC(=O)N3Cc2ncc(Cl)cn2)c1C=N. The van der Waals surface area contributed by atoms with E-state index in [1.54, 1.807) is 11.0 Å². The van der Waals surface area contributed by atoms with Gasteiger partial charge in [-0.3, -0.25) is 9.69 Å². The van der Waals surface area contributed by atoms with Gasteiger partial charge < -0.3 is 20.6 Å². The molecule has 10 nitrogen and oxygen atoms in total. The van der Waals surface area contributed by atoms with E-state index in [4.69, 9.17) is 31.8 Å². The summed E-state index contributed by atoms with van der Waals surface area (Å²) in [6, 6.07) is 7.80. The van der Waals surface area contributed by atoms with E-state index in [2.05, 4.69) is 27.9 Å². The van der Waals surface area contributed by atoms with Crippen LogP contribution < -0.4 is 15.0 Å². The molecule has 5 rings (SSSR count). The number of anilines is 2. The van der Waals surface area contributed by atoms with Gasteiger partial charge in [-0.15, -0.1) is 0 Å². The monoisotopic (exact) mass is 587 g/mol. The zero-order valence-electron chi connectivity index (χ0n) is 23.8. The summed E-state index contributed by atoms with van der Waals surface area (Å²) in [5.41, 5.74) is 4.61. The van der Waals surface area contributed by atoms with Crippen molar-refractivity contribution in [2.45, 2.75) is 46.1 Å². The first-order valence-corrected chi connectivity index (χ1v) is 14.2. The summed E-state index contributed by atoms with van der Waals surface area (Å²) in [5, 5.41) is 30.2. The third kappa shape index (κ3) is 7.11. The first kappa shape index (κ1) is 30.6. The van der Waals surface area contributed by atoms with Gasteiger partial charge in [0.05, 0.1) is 35.1 Å². The van der Waals surface area contributed by atoms with Crippen molar-refractivity contribution >= 4 is 35.2 Å². The summed E-state index contributed by atoms with van der Waals surface area (Å²) >= 11 is 5.89. The second-order valence-electron chi connectivity index (χ2n) is 10.0. The van der Waals surface area contributed by atoms with Gasteiger partial charge in [-0.1, -0.05) is 36.7 Å². The van der Waals surface area contributed by atoms with Gasteiger partial charge in [-0.25, -0.2) is 15.0 Å². The summed E-state index contributed by atoms with van der Waals surface area (Å²) in [6.45, 7) is 8.30. The summed E-state index contributed by atoms with van der Waals surface area (Å²) in [5.74, 6) is 1.88. The van der Waals surface area contributed by atoms with Gasteiger partial charge >= 0.3 is 0 Å². The van der Waals surface area contributed by atoms with Crippen LogP contribution >= 0.6 is 11.6 Å². The number of amides is 1. The molecule has 0 bridgehead atoms. The largest absolute Gasteiger partial charge is 0.482 e. The number of rotatable bonds is 10. The zero-order valence-corrected chi connectivity index (χ0v) is 24.5. The number of aliphatic hydroxyl groups is 1. The lowest BCUT2D eigenvalue weighted by molar-refractivity contribution is -0.121. The summed E-state index contributed by atoms with van der Waals surface area (Å²) in [7, 11) is 0. The minimum Gasteiger partial charge on any atom is -0.482 e. The van der Waals surface area contributed by atoms with E-state index in [1.807, 2.05) is 26.0 Å². The second kappa shape index (κ2) is 14.0. The number of aromatic nitrogens is 3. The Balaban J connectivity index is 0.000000612. The van der Waals surface area contributed by atoms with E-state index < -0.39 is 0 Å². The Kier molecular flexibility index (Phi) is 10.2. The van der Waals surface area contributed by atoms with Crippen molar-refractivity contribution < 1.29 is 14.6 Å². The number of hydrogen-bond acceptors (Lipinski definition) is 9. The Morgan fingerprint density at radius 2 is 2.07 bits per heavy atom. The number of carbonyl (C=O) groups is 1. The highest BCUT2D eigenvalue weighted by atomic mass is 35.5. The van der Waals surface area contributed by atoms with Crippen molar-refractivity contribution in [3.63, 3.8) is 0 Å². The number of aliphatic hydroxyl groups excluding tert-OH is 1. The van der Waals surface area contributed by atoms with Gasteiger partial charge in [0.2, 0.25) is 0 Å². The normalized spacial score (nSPS) is 13.7. The summed E-state index contributed by atoms with van der Waals surface area (Å²) in [6.07, 6.45) is 8.11. The molecule has 0 radical (unpaired) electrons. The summed E-state index contributed by atoms with van der Waals surface area (Å²) < 4.78 is 5.79. The van der Waals surface area contributed by atoms with E-state index in [0.717, 1.165) is 42.5 Å². The molecule has 218 valence electrons. The molecule has 2 aromatic heterocycles. The van der Waals surface area contributed by atoms with Crippen LogP contribution in [0.1, 0.15) is 55.8 Å². The van der Waals surface area contributed by atoms with Gasteiger partial charge in [0.25, 0.3) is 5.91 Å². The van der Waals surface area contributed by atoms with Crippen molar-refractivity contribution in [1.29, 1.82) is 10.7 Å². The molecular formula is C31H34ClN7O3. The lowest BCUT2D eigenvalue weighted by Gasteiger charge is -2.29. The van der Waals surface area contributed by atoms with Gasteiger partial charge in [0.15, 0.2) is 6.61 Å². The lowest BCUT2D eigenvalue weighted by atomic mass is 9.92. The predicted molar refractivity (Wildman–Crippen MR) is 163 cm³/mol. The Morgan fingerprint density at radius 3 is 2.64 bits per heavy atom. The van der Waals surface area contributed by atoms with Crippen LogP contribution in [-0.4, -0.2) is 51.9 Å². The maximum absolute atomic E-state index is 12.7. The van der Waals surface area contributed by atoms with Gasteiger partial charge in [-0.2, -0.15) is 5.26 Å². The lowest BCUT2D eigenvalue weighted by Crippen LogP contribution is -2.38. The molecule has 1 fully saturated rings. The van der Waals surface area contributed by atoms with Crippen LogP contribution in [0.15, 0.2) is 42.7 Å². The van der Waals surface area contributed by atoms with Crippen molar-refractivity contribution in [2.75, 3.05) is 30.0 Å². The Labute approximate surface area is 250 Å². The third-order valence-corrected chi connectivity index (χ3v) is 7.17. The molecule has 0 spiro atoms. The molecule has 3 N–H and O–H groups in total. The number of benzene rings is 1. The molecule has 1 aromatic carbocycles. The average Bonchev–Trinajstić information content (AvgIpc) is 3.83. The highest BCUT2D eigenvalue weighted by Crippen LogP contribution is 2.41. The second-order valence-corrected chi connectivity index (χ2v) is 10.5. The number of carbonyl (C=O) groups excluding carboxylic acids is 1. The van der Waals surface area contributed by atoms with Crippen LogP contribution in [0.5, 0.6) is 5.75 Å². The molecule has 2 aliphatic rings. The van der Waals surface area contributed by atoms with E-state index in [1.165, 1.54) is 18.6 Å². The number of nitriles is 1. The van der Waals surface area contributed by atoms with E-state index in [9.17, 15) is 10.1 Å². The van der Waals surface area contributed by atoms with Crippen LogP contribution in [0.25, 0.3) is 11.1 Å². The van der Waals surface area contributed by atoms with Crippen molar-refractivity contribution in [3.8, 4) is 22.9 Å². The Bertz CT molecular complexity index is 1510. The standard InChI is InChI=1S/C26H24ClN7O2.C5H10O/c1-2-30-26-19(10-29)25(18(9-28)20(33-26)7-15-3-4-15)16-5-6-21-22(8-16)36-14-24(35)34(21)13-23-31-11-17(27)12-32-23;1-3-5(2)4-6/h5-6,8,10-12,15,29H,2-4,7,13-14H2,1H3,(H,30,33);6H,2-4H2,1H3. The third-order valence-electron chi connectivity index (χ3n) is 6.98. The minimum atomic E-state index is -0.211. The number of hydrogen-bond donors (Lipinski definition) is 3. The minimum absolute atomic E-state index is 0.126. The number of ether oxygens (including phenoxy) is 1. The Morgan fingerprint density at radius 1 is 1.33 bits per heavy atom. The maximum Gasteiger partial charge on any atom is 0.265 e. The molecule has 1 amide bonds. The quantitative estimate of drug-likeness (QED) is 0.213. The van der Waals surface area contributed by atoms with E-state index in [-0.39, 0.29) is 25.7 Å². The summed E-state index contributed by atoms with van der Waals surface area (Å²) in [4.78, 5) is 27.4. The van der Waals surface area contributed by atoms with Crippen LogP contribution in [0.3, 0.4) is 0 Å². The highest BCUT2D eigenvalue weighted by molar-refractivity contribution is 6.30. The van der Waals surface area contributed by atoms with Gasteiger partial charge in [-0.05, 0) is 56.2 Å². The maximum atomic E-state index is 12.7. The smallest absolute Gasteiger partial charge is 0.265 e. The van der Waals surface area contributed by atoms with Crippen LogP contribution in [0.4, 0.5) is 11.5 Å². The van der Waals surface area contributed by atoms with Crippen LogP contribution in [0.2, 0.25) is 5.02 Å². The molecule has 3 heterocycles. The molecular weight excluding hydrogens is 554 g/mol. The zero-order chi connectivity index (χ0) is 30.2. The molecule has 1 aliphatic heterocycles. The molecule has 1 saturated carbocycles. The van der Waals surface area contributed by atoms with Gasteiger partial charge in [0.1, 0.15) is 23.5 Å². The fraction of sp³-hybridized carbons (Fsp3) is 0.355. The molecule has 11 heteroatoms. The highest BCUT2D eigenvalue weighted by Gasteiger charge is 2.30. The van der Waals surface area contributed by atoms with Crippen molar-refractivity contribution in [1.82, 2.24) is 15.0 Å². The van der Waals surface area contributed by atoms with Crippen LogP contribution in [-0.2, 0) is 17.8 Å². The number of nitrogens with one attached hydrogen (secondary N) is 2. The number of halogens is 1.